The number of nitrogens with zero attached hydrogens (tertiary/aromatic N) is 1. The van der Waals surface area contributed by atoms with Crippen molar-refractivity contribution in [2.45, 2.75) is 25.9 Å². The van der Waals surface area contributed by atoms with E-state index in [0.717, 1.165) is 19.5 Å². The number of nitrogens with two attached hydrogens (primary N) is 1. The molecule has 2 heterocycles. The number of furan rings is 1. The molecule has 5 heteroatoms. The first kappa shape index (κ1) is 12.1. The van der Waals surface area contributed by atoms with Crippen LogP contribution in [0, 0.1) is 0 Å². The molecule has 1 fully saturated rings. The SMILES string of the molecule is CCOC(=O)c1ccoc1CN1CC[C@H](N)C1. The minimum atomic E-state index is -0.320. The lowest BCUT2D eigenvalue weighted by Gasteiger charge is -2.13. The molecule has 0 spiro atoms. The second kappa shape index (κ2) is 5.33. The fourth-order valence-electron chi connectivity index (χ4n) is 2.06. The van der Waals surface area contributed by atoms with Crippen LogP contribution in [0.15, 0.2) is 16.7 Å². The summed E-state index contributed by atoms with van der Waals surface area (Å²) in [5, 5.41) is 0. The van der Waals surface area contributed by atoms with Gasteiger partial charge in [0.15, 0.2) is 0 Å². The zero-order chi connectivity index (χ0) is 12.3. The van der Waals surface area contributed by atoms with Crippen LogP contribution < -0.4 is 5.73 Å². The van der Waals surface area contributed by atoms with Crippen molar-refractivity contribution in [3.63, 3.8) is 0 Å². The molecule has 1 atom stereocenters. The maximum atomic E-state index is 11.6. The zero-order valence-corrected chi connectivity index (χ0v) is 10.0. The Morgan fingerprint density at radius 3 is 3.18 bits per heavy atom. The summed E-state index contributed by atoms with van der Waals surface area (Å²) in [4.78, 5) is 13.8. The molecule has 1 aromatic rings. The third-order valence-electron chi connectivity index (χ3n) is 2.92. The van der Waals surface area contributed by atoms with E-state index in [9.17, 15) is 4.79 Å². The maximum Gasteiger partial charge on any atom is 0.341 e. The molecule has 1 aliphatic rings. The predicted octanol–water partition coefficient (Wildman–Crippen LogP) is 0.989. The van der Waals surface area contributed by atoms with Crippen molar-refractivity contribution in [1.29, 1.82) is 0 Å². The molecule has 94 valence electrons. The highest BCUT2D eigenvalue weighted by Crippen LogP contribution is 2.17. The number of hydrogen-bond acceptors (Lipinski definition) is 5. The van der Waals surface area contributed by atoms with Gasteiger partial charge in [0.25, 0.3) is 0 Å². The van der Waals surface area contributed by atoms with Gasteiger partial charge in [-0.2, -0.15) is 0 Å². The van der Waals surface area contributed by atoms with Gasteiger partial charge in [0.05, 0.1) is 19.4 Å². The fraction of sp³-hybridized carbons (Fsp3) is 0.583. The van der Waals surface area contributed by atoms with Crippen molar-refractivity contribution in [2.24, 2.45) is 5.73 Å². The van der Waals surface area contributed by atoms with E-state index < -0.39 is 0 Å². The Bertz CT molecular complexity index is 389. The number of carbonyl (C=O) groups is 1. The first-order valence-electron chi connectivity index (χ1n) is 5.92. The molecule has 0 aromatic carbocycles. The molecule has 0 bridgehead atoms. The van der Waals surface area contributed by atoms with Gasteiger partial charge >= 0.3 is 5.97 Å². The molecule has 2 rings (SSSR count). The number of ether oxygens (including phenoxy) is 1. The molecule has 0 radical (unpaired) electrons. The van der Waals surface area contributed by atoms with Crippen LogP contribution in [0.25, 0.3) is 0 Å². The minimum absolute atomic E-state index is 0.232. The van der Waals surface area contributed by atoms with E-state index in [1.807, 2.05) is 0 Å². The monoisotopic (exact) mass is 238 g/mol. The lowest BCUT2D eigenvalue weighted by Crippen LogP contribution is -2.26. The van der Waals surface area contributed by atoms with Crippen LogP contribution in [-0.4, -0.2) is 36.6 Å². The van der Waals surface area contributed by atoms with E-state index in [4.69, 9.17) is 14.9 Å². The Labute approximate surface area is 101 Å². The van der Waals surface area contributed by atoms with Gasteiger partial charge in [-0.05, 0) is 19.4 Å². The largest absolute Gasteiger partial charge is 0.467 e. The first-order chi connectivity index (χ1) is 8.20. The molecule has 1 saturated heterocycles. The van der Waals surface area contributed by atoms with E-state index in [1.54, 1.807) is 13.0 Å². The van der Waals surface area contributed by atoms with Gasteiger partial charge in [0, 0.05) is 19.1 Å². The lowest BCUT2D eigenvalue weighted by molar-refractivity contribution is 0.0522. The quantitative estimate of drug-likeness (QED) is 0.792. The minimum Gasteiger partial charge on any atom is -0.467 e. The third-order valence-corrected chi connectivity index (χ3v) is 2.92. The molecule has 1 aromatic heterocycles. The van der Waals surface area contributed by atoms with Crippen LogP contribution in [0.2, 0.25) is 0 Å². The van der Waals surface area contributed by atoms with Gasteiger partial charge < -0.3 is 14.9 Å². The number of hydrogen-bond donors (Lipinski definition) is 1. The molecule has 0 aliphatic carbocycles. The summed E-state index contributed by atoms with van der Waals surface area (Å²) < 4.78 is 10.3. The molecule has 2 N–H and O–H groups in total. The summed E-state index contributed by atoms with van der Waals surface area (Å²) in [5.74, 6) is 0.345. The molecular weight excluding hydrogens is 220 g/mol. The van der Waals surface area contributed by atoms with Gasteiger partial charge in [0.1, 0.15) is 11.3 Å². The van der Waals surface area contributed by atoms with Crippen LogP contribution in [0.3, 0.4) is 0 Å². The van der Waals surface area contributed by atoms with Crippen LogP contribution in [-0.2, 0) is 11.3 Å². The summed E-state index contributed by atoms with van der Waals surface area (Å²) in [6.45, 7) is 4.58. The van der Waals surface area contributed by atoms with Crippen LogP contribution >= 0.6 is 0 Å². The van der Waals surface area contributed by atoms with Gasteiger partial charge in [-0.15, -0.1) is 0 Å². The number of carbonyl (C=O) groups excluding carboxylic acids is 1. The summed E-state index contributed by atoms with van der Waals surface area (Å²) in [5.41, 5.74) is 6.36. The Balaban J connectivity index is 2.01. The standard InChI is InChI=1S/C12H18N2O3/c1-2-16-12(15)10-4-6-17-11(10)8-14-5-3-9(13)7-14/h4,6,9H,2-3,5,7-8,13H2,1H3/t9-/m0/s1. The lowest BCUT2D eigenvalue weighted by atomic mass is 10.2. The Morgan fingerprint density at radius 1 is 1.71 bits per heavy atom. The maximum absolute atomic E-state index is 11.6. The van der Waals surface area contributed by atoms with E-state index in [-0.39, 0.29) is 12.0 Å². The highest BCUT2D eigenvalue weighted by molar-refractivity contribution is 5.90. The summed E-state index contributed by atoms with van der Waals surface area (Å²) in [6, 6.07) is 1.89. The molecule has 0 saturated carbocycles. The molecule has 17 heavy (non-hydrogen) atoms. The molecular formula is C12H18N2O3. The average molecular weight is 238 g/mol. The van der Waals surface area contributed by atoms with E-state index in [1.165, 1.54) is 6.26 Å². The topological polar surface area (TPSA) is 68.7 Å². The van der Waals surface area contributed by atoms with Crippen molar-refractivity contribution in [1.82, 2.24) is 4.90 Å². The van der Waals surface area contributed by atoms with E-state index in [2.05, 4.69) is 4.90 Å². The van der Waals surface area contributed by atoms with Crippen molar-refractivity contribution in [3.8, 4) is 0 Å². The van der Waals surface area contributed by atoms with Gasteiger partial charge in [0.2, 0.25) is 0 Å². The molecule has 0 amide bonds. The van der Waals surface area contributed by atoms with E-state index >= 15 is 0 Å². The smallest absolute Gasteiger partial charge is 0.341 e. The Kier molecular flexibility index (Phi) is 3.81. The number of likely N-dealkylation sites (tertiary alicyclic amines) is 1. The van der Waals surface area contributed by atoms with Gasteiger partial charge in [-0.1, -0.05) is 0 Å². The highest BCUT2D eigenvalue weighted by Gasteiger charge is 2.23. The second-order valence-electron chi connectivity index (χ2n) is 4.26. The van der Waals surface area contributed by atoms with Crippen molar-refractivity contribution >= 4 is 5.97 Å². The summed E-state index contributed by atoms with van der Waals surface area (Å²) in [7, 11) is 0. The molecule has 5 nitrogen and oxygen atoms in total. The molecule has 1 aliphatic heterocycles. The second-order valence-corrected chi connectivity index (χ2v) is 4.26. The Morgan fingerprint density at radius 2 is 2.53 bits per heavy atom. The van der Waals surface area contributed by atoms with Crippen LogP contribution in [0.1, 0.15) is 29.5 Å². The summed E-state index contributed by atoms with van der Waals surface area (Å²) in [6.07, 6.45) is 2.52. The summed E-state index contributed by atoms with van der Waals surface area (Å²) >= 11 is 0. The predicted molar refractivity (Wildman–Crippen MR) is 62.5 cm³/mol. The average Bonchev–Trinajstić information content (AvgIpc) is 2.89. The van der Waals surface area contributed by atoms with Crippen molar-refractivity contribution < 1.29 is 13.9 Å². The molecule has 0 unspecified atom stereocenters. The zero-order valence-electron chi connectivity index (χ0n) is 10.0. The number of esters is 1. The van der Waals surface area contributed by atoms with Gasteiger partial charge in [-0.3, -0.25) is 4.90 Å². The third kappa shape index (κ3) is 2.87. The van der Waals surface area contributed by atoms with E-state index in [0.29, 0.717) is 24.5 Å². The van der Waals surface area contributed by atoms with Crippen molar-refractivity contribution in [2.75, 3.05) is 19.7 Å². The van der Waals surface area contributed by atoms with Crippen molar-refractivity contribution in [3.05, 3.63) is 23.7 Å². The van der Waals surface area contributed by atoms with Crippen LogP contribution in [0.4, 0.5) is 0 Å². The Hall–Kier alpha value is -1.33. The normalized spacial score (nSPS) is 20.7. The highest BCUT2D eigenvalue weighted by atomic mass is 16.5. The fourth-order valence-corrected chi connectivity index (χ4v) is 2.06. The first-order valence-corrected chi connectivity index (χ1v) is 5.92. The van der Waals surface area contributed by atoms with Gasteiger partial charge in [-0.25, -0.2) is 4.79 Å². The number of rotatable bonds is 4. The van der Waals surface area contributed by atoms with Crippen LogP contribution in [0.5, 0.6) is 0 Å².